The molecular weight excluding hydrogens is 404 g/mol. The van der Waals surface area contributed by atoms with Crippen molar-refractivity contribution in [1.29, 1.82) is 0 Å². The third-order valence-electron chi connectivity index (χ3n) is 5.87. The minimum absolute atomic E-state index is 0.00576. The molecule has 166 valence electrons. The average Bonchev–Trinajstić information content (AvgIpc) is 3.48. The predicted molar refractivity (Wildman–Crippen MR) is 124 cm³/mol. The number of rotatable bonds is 6. The van der Waals surface area contributed by atoms with Crippen LogP contribution in [0.4, 0.5) is 10.5 Å². The zero-order valence-corrected chi connectivity index (χ0v) is 18.2. The molecule has 2 amide bonds. The highest BCUT2D eigenvalue weighted by Crippen LogP contribution is 2.37. The van der Waals surface area contributed by atoms with Crippen LogP contribution in [0.1, 0.15) is 56.2 Å². The van der Waals surface area contributed by atoms with E-state index < -0.39 is 0 Å². The summed E-state index contributed by atoms with van der Waals surface area (Å²) < 4.78 is 1.44. The molecule has 1 aromatic heterocycles. The van der Waals surface area contributed by atoms with Gasteiger partial charge in [0.1, 0.15) is 5.75 Å². The normalized spacial score (nSPS) is 13.8. The van der Waals surface area contributed by atoms with Gasteiger partial charge in [0.05, 0.1) is 11.4 Å². The van der Waals surface area contributed by atoms with E-state index in [1.165, 1.54) is 10.7 Å². The van der Waals surface area contributed by atoms with Crippen LogP contribution in [0, 0.1) is 0 Å². The SMILES string of the molecule is CCC(=O)Nc1ccc(-c2cc(C3CCCC3)n(C(=O)NCc3ccccc3)n2)c(O)c1. The summed E-state index contributed by atoms with van der Waals surface area (Å²) in [5.41, 5.74) is 3.46. The van der Waals surface area contributed by atoms with E-state index in [-0.39, 0.29) is 23.6 Å². The lowest BCUT2D eigenvalue weighted by Crippen LogP contribution is -2.30. The Bertz CT molecular complexity index is 1100. The Morgan fingerprint density at radius 1 is 1.09 bits per heavy atom. The summed E-state index contributed by atoms with van der Waals surface area (Å²) >= 11 is 0. The molecule has 4 rings (SSSR count). The Morgan fingerprint density at radius 2 is 1.84 bits per heavy atom. The first-order valence-corrected chi connectivity index (χ1v) is 11.1. The van der Waals surface area contributed by atoms with Crippen molar-refractivity contribution in [2.24, 2.45) is 0 Å². The maximum absolute atomic E-state index is 13.0. The highest BCUT2D eigenvalue weighted by molar-refractivity contribution is 5.91. The molecule has 7 nitrogen and oxygen atoms in total. The number of aromatic hydroxyl groups is 1. The van der Waals surface area contributed by atoms with Gasteiger partial charge in [-0.25, -0.2) is 4.79 Å². The summed E-state index contributed by atoms with van der Waals surface area (Å²) in [7, 11) is 0. The second-order valence-corrected chi connectivity index (χ2v) is 8.13. The first kappa shape index (κ1) is 21.6. The van der Waals surface area contributed by atoms with E-state index in [1.807, 2.05) is 36.4 Å². The number of carbonyl (C=O) groups excluding carboxylic acids is 2. The van der Waals surface area contributed by atoms with Crippen LogP contribution in [0.25, 0.3) is 11.3 Å². The van der Waals surface area contributed by atoms with Crippen molar-refractivity contribution in [2.75, 3.05) is 5.32 Å². The number of amides is 2. The number of nitrogens with zero attached hydrogens (tertiary/aromatic N) is 2. The van der Waals surface area contributed by atoms with Crippen molar-refractivity contribution in [3.8, 4) is 17.0 Å². The molecule has 7 heteroatoms. The number of nitrogens with one attached hydrogen (secondary N) is 2. The van der Waals surface area contributed by atoms with Crippen LogP contribution in [0.15, 0.2) is 54.6 Å². The van der Waals surface area contributed by atoms with E-state index in [0.717, 1.165) is 36.9 Å². The van der Waals surface area contributed by atoms with Crippen molar-refractivity contribution in [2.45, 2.75) is 51.5 Å². The van der Waals surface area contributed by atoms with Crippen molar-refractivity contribution in [3.63, 3.8) is 0 Å². The lowest BCUT2D eigenvalue weighted by atomic mass is 10.0. The maximum Gasteiger partial charge on any atom is 0.342 e. The quantitative estimate of drug-likeness (QED) is 0.510. The molecule has 1 aliphatic rings. The van der Waals surface area contributed by atoms with E-state index in [1.54, 1.807) is 19.1 Å². The molecule has 1 aliphatic carbocycles. The van der Waals surface area contributed by atoms with E-state index in [2.05, 4.69) is 15.7 Å². The average molecular weight is 433 g/mol. The van der Waals surface area contributed by atoms with Crippen molar-refractivity contribution in [1.82, 2.24) is 15.1 Å². The number of anilines is 1. The zero-order valence-electron chi connectivity index (χ0n) is 18.2. The van der Waals surface area contributed by atoms with Gasteiger partial charge in [-0.3, -0.25) is 4.79 Å². The van der Waals surface area contributed by atoms with Gasteiger partial charge in [-0.15, -0.1) is 0 Å². The molecule has 3 aromatic rings. The van der Waals surface area contributed by atoms with Gasteiger partial charge in [0, 0.05) is 36.2 Å². The molecule has 0 aliphatic heterocycles. The molecule has 0 radical (unpaired) electrons. The zero-order chi connectivity index (χ0) is 22.5. The van der Waals surface area contributed by atoms with E-state index in [4.69, 9.17) is 0 Å². The van der Waals surface area contributed by atoms with Crippen LogP contribution < -0.4 is 10.6 Å². The minimum atomic E-state index is -0.284. The van der Waals surface area contributed by atoms with Gasteiger partial charge in [0.25, 0.3) is 0 Å². The van der Waals surface area contributed by atoms with Gasteiger partial charge in [-0.1, -0.05) is 50.1 Å². The van der Waals surface area contributed by atoms with Crippen molar-refractivity contribution < 1.29 is 14.7 Å². The molecule has 32 heavy (non-hydrogen) atoms. The van der Waals surface area contributed by atoms with Crippen molar-refractivity contribution in [3.05, 3.63) is 65.9 Å². The number of hydrogen-bond acceptors (Lipinski definition) is 4. The number of benzene rings is 2. The highest BCUT2D eigenvalue weighted by atomic mass is 16.3. The maximum atomic E-state index is 13.0. The number of phenolic OH excluding ortho intramolecular Hbond substituents is 1. The lowest BCUT2D eigenvalue weighted by molar-refractivity contribution is -0.115. The summed E-state index contributed by atoms with van der Waals surface area (Å²) in [5, 5.41) is 20.8. The first-order valence-electron chi connectivity index (χ1n) is 11.1. The molecule has 0 unspecified atom stereocenters. The van der Waals surface area contributed by atoms with E-state index in [0.29, 0.717) is 29.9 Å². The molecule has 3 N–H and O–H groups in total. The standard InChI is InChI=1S/C25H28N4O3/c1-2-24(31)27-19-12-13-20(23(30)14-19)21-15-22(18-10-6-7-11-18)29(28-21)25(32)26-16-17-8-4-3-5-9-17/h3-5,8-9,12-15,18,30H,2,6-7,10-11,16H2,1H3,(H,26,32)(H,27,31). The topological polar surface area (TPSA) is 96.3 Å². The number of hydrogen-bond donors (Lipinski definition) is 3. The molecule has 0 atom stereocenters. The van der Waals surface area contributed by atoms with Gasteiger partial charge in [-0.05, 0) is 36.6 Å². The van der Waals surface area contributed by atoms with Gasteiger partial charge >= 0.3 is 6.03 Å². The Labute approximate surface area is 187 Å². The minimum Gasteiger partial charge on any atom is -0.507 e. The summed E-state index contributed by atoms with van der Waals surface area (Å²) in [6.07, 6.45) is 4.66. The van der Waals surface area contributed by atoms with Crippen LogP contribution in [0.2, 0.25) is 0 Å². The molecule has 0 spiro atoms. The van der Waals surface area contributed by atoms with Crippen LogP contribution in [0.3, 0.4) is 0 Å². The van der Waals surface area contributed by atoms with Crippen LogP contribution in [-0.4, -0.2) is 26.8 Å². The number of phenols is 1. The second kappa shape index (κ2) is 9.68. The first-order chi connectivity index (χ1) is 15.5. The Hall–Kier alpha value is -3.61. The number of aromatic nitrogens is 2. The lowest BCUT2D eigenvalue weighted by Gasteiger charge is -2.12. The van der Waals surface area contributed by atoms with Gasteiger partial charge in [0.2, 0.25) is 5.91 Å². The molecular formula is C25H28N4O3. The smallest absolute Gasteiger partial charge is 0.342 e. The molecule has 1 saturated carbocycles. The fourth-order valence-electron chi connectivity index (χ4n) is 4.13. The summed E-state index contributed by atoms with van der Waals surface area (Å²) in [4.78, 5) is 24.6. The number of carbonyl (C=O) groups is 2. The molecule has 1 heterocycles. The summed E-state index contributed by atoms with van der Waals surface area (Å²) in [6.45, 7) is 2.18. The Balaban J connectivity index is 1.61. The van der Waals surface area contributed by atoms with Gasteiger partial charge in [0.15, 0.2) is 0 Å². The fourth-order valence-corrected chi connectivity index (χ4v) is 4.13. The summed E-state index contributed by atoms with van der Waals surface area (Å²) in [5.74, 6) is 0.148. The Kier molecular flexibility index (Phi) is 6.54. The third kappa shape index (κ3) is 4.82. The monoisotopic (exact) mass is 432 g/mol. The highest BCUT2D eigenvalue weighted by Gasteiger charge is 2.26. The van der Waals surface area contributed by atoms with Crippen LogP contribution in [0.5, 0.6) is 5.75 Å². The summed E-state index contributed by atoms with van der Waals surface area (Å²) in [6, 6.07) is 16.3. The Morgan fingerprint density at radius 3 is 2.53 bits per heavy atom. The predicted octanol–water partition coefficient (Wildman–Crippen LogP) is 5.02. The van der Waals surface area contributed by atoms with E-state index in [9.17, 15) is 14.7 Å². The van der Waals surface area contributed by atoms with Crippen LogP contribution >= 0.6 is 0 Å². The molecule has 2 aromatic carbocycles. The van der Waals surface area contributed by atoms with E-state index >= 15 is 0 Å². The second-order valence-electron chi connectivity index (χ2n) is 8.13. The molecule has 0 bridgehead atoms. The third-order valence-corrected chi connectivity index (χ3v) is 5.87. The van der Waals surface area contributed by atoms with Crippen LogP contribution in [-0.2, 0) is 11.3 Å². The molecule has 1 fully saturated rings. The van der Waals surface area contributed by atoms with Gasteiger partial charge in [-0.2, -0.15) is 9.78 Å². The van der Waals surface area contributed by atoms with Gasteiger partial charge < -0.3 is 15.7 Å². The molecule has 0 saturated heterocycles. The largest absolute Gasteiger partial charge is 0.507 e. The fraction of sp³-hybridized carbons (Fsp3) is 0.320. The van der Waals surface area contributed by atoms with Crippen molar-refractivity contribution >= 4 is 17.6 Å².